The van der Waals surface area contributed by atoms with Crippen LogP contribution in [-0.2, 0) is 24.4 Å². The fourth-order valence-electron chi connectivity index (χ4n) is 4.69. The SMILES string of the molecule is Cc1c(C)c2c(c(C)c1O)CCC(C)(C(=O)NCCn1ccc(=O)c(OCc3ccccc3)c1C)O2. The summed E-state index contributed by atoms with van der Waals surface area (Å²) >= 11 is 0. The van der Waals surface area contributed by atoms with Gasteiger partial charge >= 0.3 is 0 Å². The molecule has 2 aromatic carbocycles. The smallest absolute Gasteiger partial charge is 0.263 e. The number of carbonyl (C=O) groups excluding carboxylic acids is 1. The molecule has 0 radical (unpaired) electrons. The second kappa shape index (κ2) is 10.1. The minimum Gasteiger partial charge on any atom is -0.507 e. The number of aromatic nitrogens is 1. The molecule has 1 unspecified atom stereocenters. The molecule has 0 fully saturated rings. The van der Waals surface area contributed by atoms with Crippen molar-refractivity contribution >= 4 is 5.91 Å². The maximum Gasteiger partial charge on any atom is 0.263 e. The Morgan fingerprint density at radius 3 is 2.56 bits per heavy atom. The quantitative estimate of drug-likeness (QED) is 0.516. The van der Waals surface area contributed by atoms with E-state index >= 15 is 0 Å². The van der Waals surface area contributed by atoms with Gasteiger partial charge in [0.25, 0.3) is 5.91 Å². The van der Waals surface area contributed by atoms with E-state index in [9.17, 15) is 14.7 Å². The fraction of sp³-hybridized carbons (Fsp3) is 0.379. The van der Waals surface area contributed by atoms with Crippen molar-refractivity contribution < 1.29 is 19.4 Å². The normalized spacial score (nSPS) is 16.7. The Balaban J connectivity index is 1.41. The van der Waals surface area contributed by atoms with E-state index in [1.54, 1.807) is 6.20 Å². The van der Waals surface area contributed by atoms with Gasteiger partial charge in [0.05, 0.1) is 5.69 Å². The molecule has 1 amide bonds. The number of ether oxygens (including phenoxy) is 2. The number of aromatic hydroxyl groups is 1. The van der Waals surface area contributed by atoms with Crippen LogP contribution < -0.4 is 20.2 Å². The average molecular weight is 491 g/mol. The molecule has 36 heavy (non-hydrogen) atoms. The second-order valence-electron chi connectivity index (χ2n) is 9.68. The number of phenolic OH excluding ortho intramolecular Hbond substituents is 1. The third-order valence-electron chi connectivity index (χ3n) is 7.25. The predicted octanol–water partition coefficient (Wildman–Crippen LogP) is 4.27. The van der Waals surface area contributed by atoms with Gasteiger partial charge in [-0.05, 0) is 63.3 Å². The molecule has 1 aromatic heterocycles. The molecule has 1 aliphatic heterocycles. The van der Waals surface area contributed by atoms with Gasteiger partial charge in [0.2, 0.25) is 5.43 Å². The molecule has 190 valence electrons. The van der Waals surface area contributed by atoms with Crippen LogP contribution in [0.3, 0.4) is 0 Å². The number of hydrogen-bond acceptors (Lipinski definition) is 5. The van der Waals surface area contributed by atoms with E-state index < -0.39 is 5.60 Å². The molecule has 0 saturated carbocycles. The summed E-state index contributed by atoms with van der Waals surface area (Å²) in [5.41, 5.74) is 3.93. The summed E-state index contributed by atoms with van der Waals surface area (Å²) in [6, 6.07) is 11.2. The lowest BCUT2D eigenvalue weighted by molar-refractivity contribution is -0.136. The van der Waals surface area contributed by atoms with Gasteiger partial charge in [0, 0.05) is 37.3 Å². The molecular weight excluding hydrogens is 456 g/mol. The van der Waals surface area contributed by atoms with Crippen molar-refractivity contribution in [3.8, 4) is 17.2 Å². The number of phenols is 1. The lowest BCUT2D eigenvalue weighted by Gasteiger charge is -2.36. The van der Waals surface area contributed by atoms with Crippen molar-refractivity contribution in [1.82, 2.24) is 9.88 Å². The molecule has 4 rings (SSSR count). The van der Waals surface area contributed by atoms with E-state index in [1.165, 1.54) is 6.07 Å². The van der Waals surface area contributed by atoms with Crippen LogP contribution in [0.1, 0.15) is 46.9 Å². The average Bonchev–Trinajstić information content (AvgIpc) is 2.88. The fourth-order valence-corrected chi connectivity index (χ4v) is 4.69. The van der Waals surface area contributed by atoms with Crippen molar-refractivity contribution in [2.75, 3.05) is 6.54 Å². The van der Waals surface area contributed by atoms with E-state index in [0.29, 0.717) is 55.5 Å². The summed E-state index contributed by atoms with van der Waals surface area (Å²) in [6.07, 6.45) is 2.89. The van der Waals surface area contributed by atoms with Gasteiger partial charge in [-0.25, -0.2) is 0 Å². The third kappa shape index (κ3) is 4.83. The van der Waals surface area contributed by atoms with Gasteiger partial charge in [0.1, 0.15) is 18.1 Å². The van der Waals surface area contributed by atoms with Crippen LogP contribution in [-0.4, -0.2) is 27.7 Å². The molecule has 0 spiro atoms. The standard InChI is InChI=1S/C29H34N2O5/c1-18-19(2)26-23(20(3)25(18)33)11-13-29(5,36-26)28(34)30-14-16-31-15-12-24(32)27(21(31)4)35-17-22-9-7-6-8-10-22/h6-10,12,15,33H,11,13-14,16-17H2,1-5H3,(H,30,34). The summed E-state index contributed by atoms with van der Waals surface area (Å²) in [7, 11) is 0. The van der Waals surface area contributed by atoms with E-state index in [1.807, 2.05) is 69.5 Å². The number of rotatable bonds is 7. The zero-order valence-electron chi connectivity index (χ0n) is 21.6. The van der Waals surface area contributed by atoms with Crippen LogP contribution >= 0.6 is 0 Å². The highest BCUT2D eigenvalue weighted by molar-refractivity contribution is 5.85. The maximum atomic E-state index is 13.2. The number of fused-ring (bicyclic) bond motifs is 1. The van der Waals surface area contributed by atoms with E-state index in [2.05, 4.69) is 5.32 Å². The van der Waals surface area contributed by atoms with Crippen LogP contribution in [0.5, 0.6) is 17.2 Å². The second-order valence-corrected chi connectivity index (χ2v) is 9.68. The molecule has 2 heterocycles. The Morgan fingerprint density at radius 1 is 1.11 bits per heavy atom. The Morgan fingerprint density at radius 2 is 1.83 bits per heavy atom. The Labute approximate surface area is 211 Å². The first-order valence-corrected chi connectivity index (χ1v) is 12.3. The molecule has 1 atom stereocenters. The lowest BCUT2D eigenvalue weighted by Crippen LogP contribution is -2.51. The van der Waals surface area contributed by atoms with E-state index in [4.69, 9.17) is 9.47 Å². The van der Waals surface area contributed by atoms with Crippen molar-refractivity contribution in [2.24, 2.45) is 0 Å². The topological polar surface area (TPSA) is 89.8 Å². The van der Waals surface area contributed by atoms with Crippen LogP contribution in [0, 0.1) is 27.7 Å². The van der Waals surface area contributed by atoms with Crippen molar-refractivity contribution in [1.29, 1.82) is 0 Å². The van der Waals surface area contributed by atoms with Gasteiger partial charge in [-0.2, -0.15) is 0 Å². The predicted molar refractivity (Wildman–Crippen MR) is 139 cm³/mol. The number of carbonyl (C=O) groups is 1. The summed E-state index contributed by atoms with van der Waals surface area (Å²) in [4.78, 5) is 25.6. The van der Waals surface area contributed by atoms with Crippen molar-refractivity contribution in [3.05, 3.63) is 86.3 Å². The number of amides is 1. The highest BCUT2D eigenvalue weighted by atomic mass is 16.5. The monoisotopic (exact) mass is 490 g/mol. The number of nitrogens with zero attached hydrogens (tertiary/aromatic N) is 1. The molecule has 0 bridgehead atoms. The lowest BCUT2D eigenvalue weighted by atomic mass is 9.86. The van der Waals surface area contributed by atoms with Crippen molar-refractivity contribution in [2.45, 2.75) is 66.2 Å². The number of hydrogen-bond donors (Lipinski definition) is 2. The molecule has 3 aromatic rings. The molecule has 2 N–H and O–H groups in total. The minimum absolute atomic E-state index is 0.169. The van der Waals surface area contributed by atoms with Gasteiger partial charge < -0.3 is 24.5 Å². The first kappa shape index (κ1) is 25.4. The molecule has 1 aliphatic rings. The molecule has 7 heteroatoms. The third-order valence-corrected chi connectivity index (χ3v) is 7.25. The Bertz CT molecular complexity index is 1350. The summed E-state index contributed by atoms with van der Waals surface area (Å²) in [6.45, 7) is 10.5. The van der Waals surface area contributed by atoms with Gasteiger partial charge in [-0.15, -0.1) is 0 Å². The Hall–Kier alpha value is -3.74. The summed E-state index contributed by atoms with van der Waals surface area (Å²) in [5.74, 6) is 1.13. The molecule has 7 nitrogen and oxygen atoms in total. The van der Waals surface area contributed by atoms with Gasteiger partial charge in [0.15, 0.2) is 11.4 Å². The van der Waals surface area contributed by atoms with E-state index in [-0.39, 0.29) is 11.3 Å². The van der Waals surface area contributed by atoms with Crippen LogP contribution in [0.25, 0.3) is 0 Å². The first-order valence-electron chi connectivity index (χ1n) is 12.3. The summed E-state index contributed by atoms with van der Waals surface area (Å²) in [5, 5.41) is 13.4. The van der Waals surface area contributed by atoms with Crippen LogP contribution in [0.15, 0.2) is 47.4 Å². The molecule has 0 aliphatic carbocycles. The first-order chi connectivity index (χ1) is 17.1. The highest BCUT2D eigenvalue weighted by Gasteiger charge is 2.40. The number of benzene rings is 2. The number of pyridine rings is 1. The molecular formula is C29H34N2O5. The zero-order chi connectivity index (χ0) is 26.0. The van der Waals surface area contributed by atoms with E-state index in [0.717, 1.165) is 27.8 Å². The largest absolute Gasteiger partial charge is 0.507 e. The zero-order valence-corrected chi connectivity index (χ0v) is 21.6. The Kier molecular flexibility index (Phi) is 7.11. The summed E-state index contributed by atoms with van der Waals surface area (Å²) < 4.78 is 14.0. The minimum atomic E-state index is -1.00. The van der Waals surface area contributed by atoms with Gasteiger partial charge in [-0.1, -0.05) is 30.3 Å². The maximum absolute atomic E-state index is 13.2. The van der Waals surface area contributed by atoms with Crippen LogP contribution in [0.2, 0.25) is 0 Å². The van der Waals surface area contributed by atoms with Crippen LogP contribution in [0.4, 0.5) is 0 Å². The van der Waals surface area contributed by atoms with Crippen molar-refractivity contribution in [3.63, 3.8) is 0 Å². The van der Waals surface area contributed by atoms with Gasteiger partial charge in [-0.3, -0.25) is 9.59 Å². The molecule has 0 saturated heterocycles. The number of nitrogens with one attached hydrogen (secondary N) is 1. The highest BCUT2D eigenvalue weighted by Crippen LogP contribution is 2.43.